The van der Waals surface area contributed by atoms with Crippen molar-refractivity contribution in [1.29, 1.82) is 0 Å². The van der Waals surface area contributed by atoms with Gasteiger partial charge in [0, 0.05) is 6.42 Å². The number of allylic oxidation sites excluding steroid dienone is 2. The summed E-state index contributed by atoms with van der Waals surface area (Å²) in [6, 6.07) is 0. The quantitative estimate of drug-likeness (QED) is 0.161. The molecule has 150 valence electrons. The van der Waals surface area contributed by atoms with Crippen LogP contribution in [-0.4, -0.2) is 65.1 Å². The van der Waals surface area contributed by atoms with Crippen molar-refractivity contribution in [3.63, 3.8) is 0 Å². The normalized spacial score (nSPS) is 12.1. The summed E-state index contributed by atoms with van der Waals surface area (Å²) < 4.78 is 4.86. The summed E-state index contributed by atoms with van der Waals surface area (Å²) in [5, 5.41) is 17.7. The molecule has 0 heterocycles. The monoisotopic (exact) mass is 380 g/mol. The van der Waals surface area contributed by atoms with E-state index in [1.165, 1.54) is 57.8 Å². The average Bonchev–Trinajstić information content (AvgIpc) is 2.62. The molecule has 0 saturated heterocycles. The Morgan fingerprint density at radius 2 is 1.38 bits per heavy atom. The third kappa shape index (κ3) is 22.2. The molecular weight excluding hydrogens is 339 g/mol. The first-order chi connectivity index (χ1) is 12.2. The van der Waals surface area contributed by atoms with Crippen LogP contribution < -0.4 is 0 Å². The van der Waals surface area contributed by atoms with Gasteiger partial charge in [-0.05, 0) is 32.1 Å². The molecule has 0 aromatic rings. The molecule has 0 saturated carbocycles. The van der Waals surface area contributed by atoms with Crippen LogP contribution in [-0.2, 0) is 9.53 Å². The van der Waals surface area contributed by atoms with E-state index in [2.05, 4.69) is 19.1 Å². The fraction of sp³-hybridized carbons (Fsp3) is 0.857. The molecule has 26 heavy (non-hydrogen) atoms. The van der Waals surface area contributed by atoms with Crippen molar-refractivity contribution < 1.29 is 19.7 Å². The molecule has 0 radical (unpaired) electrons. The minimum absolute atomic E-state index is 0. The van der Waals surface area contributed by atoms with Crippen molar-refractivity contribution >= 4 is 35.5 Å². The number of esters is 1. The fourth-order valence-corrected chi connectivity index (χ4v) is 2.65. The number of hydrogen-bond acceptors (Lipinski definition) is 4. The van der Waals surface area contributed by atoms with Gasteiger partial charge in [-0.2, -0.15) is 0 Å². The van der Waals surface area contributed by atoms with Gasteiger partial charge in [-0.3, -0.25) is 4.79 Å². The third-order valence-corrected chi connectivity index (χ3v) is 4.29. The molecule has 1 atom stereocenters. The van der Waals surface area contributed by atoms with Crippen molar-refractivity contribution in [1.82, 2.24) is 0 Å². The van der Waals surface area contributed by atoms with E-state index in [9.17, 15) is 4.79 Å². The summed E-state index contributed by atoms with van der Waals surface area (Å²) in [5.74, 6) is -0.287. The second-order valence-corrected chi connectivity index (χ2v) is 6.85. The van der Waals surface area contributed by atoms with Crippen molar-refractivity contribution in [2.24, 2.45) is 0 Å². The second kappa shape index (κ2) is 23.2. The van der Waals surface area contributed by atoms with Crippen LogP contribution in [0.5, 0.6) is 0 Å². The molecule has 0 bridgehead atoms. The van der Waals surface area contributed by atoms with E-state index in [-0.39, 0.29) is 48.7 Å². The second-order valence-electron chi connectivity index (χ2n) is 6.85. The third-order valence-electron chi connectivity index (χ3n) is 4.29. The van der Waals surface area contributed by atoms with Crippen LogP contribution in [0.25, 0.3) is 0 Å². The molecule has 0 aromatic carbocycles. The van der Waals surface area contributed by atoms with Crippen LogP contribution >= 0.6 is 0 Å². The van der Waals surface area contributed by atoms with Gasteiger partial charge in [0.15, 0.2) is 0 Å². The van der Waals surface area contributed by atoms with Crippen molar-refractivity contribution in [2.45, 2.75) is 103 Å². The van der Waals surface area contributed by atoms with Crippen molar-refractivity contribution in [2.75, 3.05) is 13.2 Å². The zero-order chi connectivity index (χ0) is 18.6. The molecular formula is C21H41NaO4. The number of aliphatic hydroxyl groups is 2. The number of carbonyl (C=O) groups excluding carboxylic acids is 1. The van der Waals surface area contributed by atoms with E-state index >= 15 is 0 Å². The molecule has 0 aliphatic carbocycles. The zero-order valence-electron chi connectivity index (χ0n) is 16.3. The zero-order valence-corrected chi connectivity index (χ0v) is 16.3. The number of unbranched alkanes of at least 4 members (excludes halogenated alkanes) is 11. The predicted molar refractivity (Wildman–Crippen MR) is 111 cm³/mol. The SMILES string of the molecule is CCCCCCCCC=CCCCCCCCC(=O)OCC(O)CO.[NaH]. The van der Waals surface area contributed by atoms with Gasteiger partial charge in [0.25, 0.3) is 0 Å². The number of hydrogen-bond donors (Lipinski definition) is 2. The van der Waals surface area contributed by atoms with E-state index in [4.69, 9.17) is 14.9 Å². The van der Waals surface area contributed by atoms with Gasteiger partial charge in [-0.25, -0.2) is 0 Å². The van der Waals surface area contributed by atoms with Crippen LogP contribution in [0.4, 0.5) is 0 Å². The summed E-state index contributed by atoms with van der Waals surface area (Å²) in [6.07, 6.45) is 20.1. The van der Waals surface area contributed by atoms with E-state index in [1.54, 1.807) is 0 Å². The molecule has 0 amide bonds. The topological polar surface area (TPSA) is 66.8 Å². The number of aliphatic hydroxyl groups excluding tert-OH is 2. The van der Waals surface area contributed by atoms with Crippen LogP contribution in [0, 0.1) is 0 Å². The molecule has 0 rings (SSSR count). The van der Waals surface area contributed by atoms with E-state index < -0.39 is 6.10 Å². The van der Waals surface area contributed by atoms with Gasteiger partial charge in [-0.1, -0.05) is 70.4 Å². The maximum absolute atomic E-state index is 11.4. The Labute approximate surface area is 183 Å². The van der Waals surface area contributed by atoms with Crippen molar-refractivity contribution in [3.8, 4) is 0 Å². The Kier molecular flexibility index (Phi) is 25.3. The van der Waals surface area contributed by atoms with Gasteiger partial charge < -0.3 is 14.9 Å². The molecule has 0 aliphatic heterocycles. The summed E-state index contributed by atoms with van der Waals surface area (Å²) in [7, 11) is 0. The molecule has 2 N–H and O–H groups in total. The van der Waals surface area contributed by atoms with Crippen molar-refractivity contribution in [3.05, 3.63) is 12.2 Å². The van der Waals surface area contributed by atoms with Gasteiger partial charge in [0.2, 0.25) is 0 Å². The number of carbonyl (C=O) groups is 1. The van der Waals surface area contributed by atoms with Crippen LogP contribution in [0.2, 0.25) is 0 Å². The Balaban J connectivity index is 0. The Bertz CT molecular complexity index is 321. The van der Waals surface area contributed by atoms with E-state index in [1.807, 2.05) is 0 Å². The first kappa shape index (κ1) is 28.3. The van der Waals surface area contributed by atoms with Crippen LogP contribution in [0.3, 0.4) is 0 Å². The maximum atomic E-state index is 11.4. The summed E-state index contributed by atoms with van der Waals surface area (Å²) >= 11 is 0. The Hall–Kier alpha value is 0.130. The summed E-state index contributed by atoms with van der Waals surface area (Å²) in [4.78, 5) is 11.4. The van der Waals surface area contributed by atoms with E-state index in [0.717, 1.165) is 25.7 Å². The van der Waals surface area contributed by atoms with Gasteiger partial charge in [0.1, 0.15) is 12.7 Å². The molecule has 0 spiro atoms. The fourth-order valence-electron chi connectivity index (χ4n) is 2.65. The van der Waals surface area contributed by atoms with Gasteiger partial charge in [0.05, 0.1) is 6.61 Å². The Morgan fingerprint density at radius 1 is 0.885 bits per heavy atom. The standard InChI is InChI=1S/C21H40O4.Na.H/c1-2-3-4-5-6-7-8-9-10-11-12-13-14-15-16-17-21(24)25-19-20(23)18-22;;/h9-10,20,22-23H,2-8,11-19H2,1H3;;. The average molecular weight is 381 g/mol. The number of ether oxygens (including phenoxy) is 1. The first-order valence-corrected chi connectivity index (χ1v) is 10.3. The molecule has 0 aromatic heterocycles. The molecule has 1 unspecified atom stereocenters. The molecule has 5 heteroatoms. The predicted octanol–water partition coefficient (Wildman–Crippen LogP) is 4.27. The number of rotatable bonds is 18. The molecule has 4 nitrogen and oxygen atoms in total. The van der Waals surface area contributed by atoms with Crippen LogP contribution in [0.15, 0.2) is 12.2 Å². The minimum atomic E-state index is -0.960. The summed E-state index contributed by atoms with van der Waals surface area (Å²) in [6.45, 7) is 1.77. The molecule has 0 aliphatic rings. The van der Waals surface area contributed by atoms with Gasteiger partial charge >= 0.3 is 35.5 Å². The Morgan fingerprint density at radius 3 is 1.92 bits per heavy atom. The molecule has 0 fully saturated rings. The van der Waals surface area contributed by atoms with Gasteiger partial charge in [-0.15, -0.1) is 0 Å². The van der Waals surface area contributed by atoms with E-state index in [0.29, 0.717) is 6.42 Å². The summed E-state index contributed by atoms with van der Waals surface area (Å²) in [5.41, 5.74) is 0. The first-order valence-electron chi connectivity index (χ1n) is 10.3. The van der Waals surface area contributed by atoms with Crippen LogP contribution in [0.1, 0.15) is 96.8 Å².